The highest BCUT2D eigenvalue weighted by molar-refractivity contribution is 9.10. The van der Waals surface area contributed by atoms with Gasteiger partial charge in [-0.05, 0) is 46.5 Å². The van der Waals surface area contributed by atoms with Crippen molar-refractivity contribution in [2.24, 2.45) is 5.92 Å². The van der Waals surface area contributed by atoms with Gasteiger partial charge >= 0.3 is 0 Å². The standard InChI is InChI=1S/C20H19BrCl3N3O2/c21-15-5-2-1-4-14(15)18(29)25-19(20(22,23)24)26-9-12-8-13(11-26)16-6-3-7-17(28)27(16)10-12/h1-7,12-13,19H,8-11H2,(H,25,29)/t12-,13-,19?/m1/s1. The lowest BCUT2D eigenvalue weighted by atomic mass is 9.83. The van der Waals surface area contributed by atoms with E-state index in [-0.39, 0.29) is 23.3 Å². The zero-order chi connectivity index (χ0) is 20.8. The lowest BCUT2D eigenvalue weighted by Crippen LogP contribution is -2.60. The zero-order valence-corrected chi connectivity index (χ0v) is 19.2. The lowest BCUT2D eigenvalue weighted by molar-refractivity contribution is 0.0586. The molecule has 2 aromatic rings. The predicted octanol–water partition coefficient (Wildman–Crippen LogP) is 4.16. The van der Waals surface area contributed by atoms with Gasteiger partial charge in [-0.25, -0.2) is 0 Å². The van der Waals surface area contributed by atoms with Crippen molar-refractivity contribution in [3.63, 3.8) is 0 Å². The number of nitrogens with zero attached hydrogens (tertiary/aromatic N) is 2. The monoisotopic (exact) mass is 517 g/mol. The molecule has 3 heterocycles. The molecular formula is C20H19BrCl3N3O2. The fraction of sp³-hybridized carbons (Fsp3) is 0.400. The number of piperidine rings is 1. The molecule has 1 saturated heterocycles. The molecule has 1 aromatic carbocycles. The van der Waals surface area contributed by atoms with Gasteiger partial charge in [-0.1, -0.05) is 53.0 Å². The second-order valence-electron chi connectivity index (χ2n) is 7.55. The summed E-state index contributed by atoms with van der Waals surface area (Å²) in [5, 5.41) is 2.90. The molecule has 154 valence electrons. The molecule has 2 aliphatic rings. The molecule has 1 fully saturated rings. The van der Waals surface area contributed by atoms with Gasteiger partial charge in [0.15, 0.2) is 0 Å². The number of fused-ring (bicyclic) bond motifs is 4. The van der Waals surface area contributed by atoms with Crippen molar-refractivity contribution in [2.75, 3.05) is 13.1 Å². The predicted molar refractivity (Wildman–Crippen MR) is 119 cm³/mol. The Morgan fingerprint density at radius 1 is 1.10 bits per heavy atom. The van der Waals surface area contributed by atoms with Crippen LogP contribution in [0.4, 0.5) is 0 Å². The molecular weight excluding hydrogens is 501 g/mol. The first-order valence-electron chi connectivity index (χ1n) is 9.30. The molecule has 29 heavy (non-hydrogen) atoms. The molecule has 3 atom stereocenters. The number of nitrogens with one attached hydrogen (secondary N) is 1. The summed E-state index contributed by atoms with van der Waals surface area (Å²) >= 11 is 22.3. The van der Waals surface area contributed by atoms with Gasteiger partial charge in [0.05, 0.1) is 5.56 Å². The normalized spacial score (nSPS) is 22.6. The van der Waals surface area contributed by atoms with E-state index in [0.29, 0.717) is 29.7 Å². The van der Waals surface area contributed by atoms with Crippen LogP contribution in [-0.2, 0) is 6.54 Å². The molecule has 1 amide bonds. The highest BCUT2D eigenvalue weighted by Gasteiger charge is 2.44. The summed E-state index contributed by atoms with van der Waals surface area (Å²) < 4.78 is 0.809. The highest BCUT2D eigenvalue weighted by Crippen LogP contribution is 2.40. The number of aromatic nitrogens is 1. The number of amides is 1. The number of hydrogen-bond donors (Lipinski definition) is 1. The third-order valence-electron chi connectivity index (χ3n) is 5.57. The van der Waals surface area contributed by atoms with Crippen LogP contribution in [0.1, 0.15) is 28.4 Å². The molecule has 0 spiro atoms. The van der Waals surface area contributed by atoms with E-state index in [2.05, 4.69) is 21.2 Å². The van der Waals surface area contributed by atoms with E-state index in [1.54, 1.807) is 30.3 Å². The minimum atomic E-state index is -1.71. The van der Waals surface area contributed by atoms with Gasteiger partial charge < -0.3 is 9.88 Å². The number of carbonyl (C=O) groups excluding carboxylic acids is 1. The van der Waals surface area contributed by atoms with Gasteiger partial charge in [-0.3, -0.25) is 14.5 Å². The molecule has 1 aromatic heterocycles. The maximum absolute atomic E-state index is 12.9. The Morgan fingerprint density at radius 2 is 1.86 bits per heavy atom. The Hall–Kier alpha value is -1.05. The first-order chi connectivity index (χ1) is 13.7. The number of hydrogen-bond acceptors (Lipinski definition) is 3. The second-order valence-corrected chi connectivity index (χ2v) is 10.8. The average Bonchev–Trinajstić information content (AvgIpc) is 2.66. The van der Waals surface area contributed by atoms with Crippen LogP contribution in [0.25, 0.3) is 0 Å². The van der Waals surface area contributed by atoms with Gasteiger partial charge in [0.25, 0.3) is 11.5 Å². The lowest BCUT2D eigenvalue weighted by Gasteiger charge is -2.47. The topological polar surface area (TPSA) is 54.3 Å². The minimum Gasteiger partial charge on any atom is -0.332 e. The van der Waals surface area contributed by atoms with Crippen molar-refractivity contribution in [3.8, 4) is 0 Å². The number of alkyl halides is 3. The van der Waals surface area contributed by atoms with E-state index in [1.165, 1.54) is 0 Å². The largest absolute Gasteiger partial charge is 0.332 e. The second kappa shape index (κ2) is 8.23. The van der Waals surface area contributed by atoms with Crippen molar-refractivity contribution in [3.05, 3.63) is 68.5 Å². The summed E-state index contributed by atoms with van der Waals surface area (Å²) in [6, 6.07) is 12.5. The third kappa shape index (κ3) is 4.37. The van der Waals surface area contributed by atoms with Crippen molar-refractivity contribution in [2.45, 2.75) is 28.8 Å². The summed E-state index contributed by atoms with van der Waals surface area (Å²) in [5.74, 6) is 0.0735. The van der Waals surface area contributed by atoms with Crippen LogP contribution in [0.15, 0.2) is 51.7 Å². The van der Waals surface area contributed by atoms with Gasteiger partial charge in [0, 0.05) is 41.8 Å². The van der Waals surface area contributed by atoms with E-state index in [9.17, 15) is 9.59 Å². The van der Waals surface area contributed by atoms with E-state index >= 15 is 0 Å². The van der Waals surface area contributed by atoms with Crippen LogP contribution >= 0.6 is 50.7 Å². The average molecular weight is 520 g/mol. The summed E-state index contributed by atoms with van der Waals surface area (Å²) in [6.45, 7) is 1.85. The fourth-order valence-electron chi connectivity index (χ4n) is 4.37. The maximum atomic E-state index is 12.9. The van der Waals surface area contributed by atoms with Crippen LogP contribution in [0.5, 0.6) is 0 Å². The van der Waals surface area contributed by atoms with Crippen LogP contribution in [-0.4, -0.2) is 38.4 Å². The van der Waals surface area contributed by atoms with Gasteiger partial charge in [-0.2, -0.15) is 0 Å². The maximum Gasteiger partial charge on any atom is 0.253 e. The number of carbonyl (C=O) groups is 1. The molecule has 1 unspecified atom stereocenters. The molecule has 1 N–H and O–H groups in total. The van der Waals surface area contributed by atoms with Gasteiger partial charge in [-0.15, -0.1) is 0 Å². The van der Waals surface area contributed by atoms with Crippen molar-refractivity contribution in [1.82, 2.24) is 14.8 Å². The molecule has 0 saturated carbocycles. The summed E-state index contributed by atoms with van der Waals surface area (Å²) in [6.07, 6.45) is 0.185. The van der Waals surface area contributed by atoms with Crippen molar-refractivity contribution in [1.29, 1.82) is 0 Å². The minimum absolute atomic E-state index is 0.0193. The third-order valence-corrected chi connectivity index (χ3v) is 6.88. The molecule has 0 aliphatic carbocycles. The van der Waals surface area contributed by atoms with Crippen molar-refractivity contribution >= 4 is 56.6 Å². The van der Waals surface area contributed by atoms with Crippen LogP contribution in [0, 0.1) is 5.92 Å². The van der Waals surface area contributed by atoms with Crippen LogP contribution < -0.4 is 10.9 Å². The van der Waals surface area contributed by atoms with Gasteiger partial charge in [0.1, 0.15) is 6.17 Å². The van der Waals surface area contributed by atoms with E-state index in [4.69, 9.17) is 34.8 Å². The Kier molecular flexibility index (Phi) is 6.02. The summed E-state index contributed by atoms with van der Waals surface area (Å²) in [7, 11) is 0. The Labute approximate surface area is 192 Å². The molecule has 2 aliphatic heterocycles. The van der Waals surface area contributed by atoms with Gasteiger partial charge in [0.2, 0.25) is 3.79 Å². The zero-order valence-electron chi connectivity index (χ0n) is 15.3. The summed E-state index contributed by atoms with van der Waals surface area (Å²) in [5.41, 5.74) is 1.49. The molecule has 2 bridgehead atoms. The molecule has 5 nitrogen and oxygen atoms in total. The molecule has 0 radical (unpaired) electrons. The quantitative estimate of drug-likeness (QED) is 0.620. The Balaban J connectivity index is 1.60. The first-order valence-corrected chi connectivity index (χ1v) is 11.2. The van der Waals surface area contributed by atoms with Crippen LogP contribution in [0.3, 0.4) is 0 Å². The van der Waals surface area contributed by atoms with Crippen LogP contribution in [0.2, 0.25) is 0 Å². The first kappa shape index (κ1) is 21.2. The molecule has 9 heteroatoms. The number of pyridine rings is 1. The smallest absolute Gasteiger partial charge is 0.253 e. The Bertz CT molecular complexity index is 991. The number of rotatable bonds is 3. The SMILES string of the molecule is O=C(NC(N1C[C@H]2C[C@H](C1)c1cccc(=O)n1C2)C(Cl)(Cl)Cl)c1ccccc1Br. The number of halogens is 4. The summed E-state index contributed by atoms with van der Waals surface area (Å²) in [4.78, 5) is 27.1. The van der Waals surface area contributed by atoms with E-state index < -0.39 is 9.96 Å². The fourth-order valence-corrected chi connectivity index (χ4v) is 5.41. The van der Waals surface area contributed by atoms with Crippen molar-refractivity contribution < 1.29 is 4.79 Å². The Morgan fingerprint density at radius 3 is 2.59 bits per heavy atom. The highest BCUT2D eigenvalue weighted by atomic mass is 79.9. The van der Waals surface area contributed by atoms with E-state index in [1.807, 2.05) is 21.6 Å². The van der Waals surface area contributed by atoms with E-state index in [0.717, 1.165) is 12.1 Å². The number of likely N-dealkylation sites (tertiary alicyclic amines) is 1. The molecule has 4 rings (SSSR count). The number of benzene rings is 1.